The summed E-state index contributed by atoms with van der Waals surface area (Å²) >= 11 is -3.83. The van der Waals surface area contributed by atoms with Gasteiger partial charge < -0.3 is 0 Å². The van der Waals surface area contributed by atoms with Crippen molar-refractivity contribution >= 4 is 43.8 Å². The Morgan fingerprint density at radius 2 is 1.17 bits per heavy atom. The smallest absolute Gasteiger partial charge is 0.147 e. The van der Waals surface area contributed by atoms with E-state index in [0.29, 0.717) is 13.2 Å². The van der Waals surface area contributed by atoms with E-state index in [2.05, 4.69) is 170 Å². The molecule has 2 aliphatic rings. The predicted octanol–water partition coefficient (Wildman–Crippen LogP) is 12.0. The Labute approximate surface area is 296 Å². The zero-order valence-electron chi connectivity index (χ0n) is 28.2. The van der Waals surface area contributed by atoms with Crippen LogP contribution in [0, 0.1) is 12.8 Å². The fourth-order valence-electron chi connectivity index (χ4n) is 8.69. The molecule has 5 aromatic carbocycles. The van der Waals surface area contributed by atoms with Crippen LogP contribution in [0.5, 0.6) is 0 Å². The van der Waals surface area contributed by atoms with E-state index in [-0.39, 0.29) is 24.8 Å². The van der Waals surface area contributed by atoms with E-state index in [1.807, 2.05) is 0 Å². The summed E-state index contributed by atoms with van der Waals surface area (Å²) in [5.41, 5.74) is 17.6. The van der Waals surface area contributed by atoms with Gasteiger partial charge in [0, 0.05) is 0 Å². The number of hydrogen-bond donors (Lipinski definition) is 0. The Morgan fingerprint density at radius 1 is 0.617 bits per heavy atom. The first-order valence-corrected chi connectivity index (χ1v) is 30.2. The number of allylic oxidation sites excluding steroid dienone is 2. The summed E-state index contributed by atoms with van der Waals surface area (Å²) in [5, 5.41) is 0. The number of halogens is 2. The predicted molar refractivity (Wildman–Crippen MR) is 210 cm³/mol. The number of hydrogen-bond acceptors (Lipinski definition) is 0. The Morgan fingerprint density at radius 3 is 1.74 bits per heavy atom. The van der Waals surface area contributed by atoms with Crippen molar-refractivity contribution in [2.75, 3.05) is 0 Å². The van der Waals surface area contributed by atoms with Crippen molar-refractivity contribution in [2.24, 2.45) is 5.92 Å². The van der Waals surface area contributed by atoms with Gasteiger partial charge in [0.25, 0.3) is 0 Å². The fourth-order valence-corrected chi connectivity index (χ4v) is 28.5. The Balaban J connectivity index is 0.00000217. The third kappa shape index (κ3) is 6.28. The third-order valence-electron chi connectivity index (χ3n) is 10.6. The van der Waals surface area contributed by atoms with Gasteiger partial charge in [0.2, 0.25) is 0 Å². The SMILES string of the molecule is Cc1ccc(-c2ccccc2)c2c1[CH]([Zr]([CH3])([CH3])(=[SiH2])[CH]1C(C(C)C)=Cc3c(-c4ccccc4)cccc31)C(Cc1ccccc1)=C2.Cl.Cl. The average molecular weight is 753 g/mol. The van der Waals surface area contributed by atoms with Gasteiger partial charge in [-0.05, 0) is 0 Å². The van der Waals surface area contributed by atoms with Gasteiger partial charge in [-0.15, -0.1) is 24.8 Å². The minimum atomic E-state index is -3.83. The van der Waals surface area contributed by atoms with Crippen molar-refractivity contribution in [3.05, 3.63) is 166 Å². The molecule has 0 aromatic heterocycles. The monoisotopic (exact) mass is 750 g/mol. The van der Waals surface area contributed by atoms with E-state index in [1.54, 1.807) is 22.3 Å². The van der Waals surface area contributed by atoms with Gasteiger partial charge in [0.1, 0.15) is 0 Å². The second-order valence-corrected chi connectivity index (χ2v) is 45.3. The molecule has 0 spiro atoms. The number of rotatable bonds is 7. The summed E-state index contributed by atoms with van der Waals surface area (Å²) in [4.78, 5) is 0. The van der Waals surface area contributed by atoms with Crippen LogP contribution in [-0.2, 0) is 23.8 Å². The summed E-state index contributed by atoms with van der Waals surface area (Å²) in [6, 6.07) is 45.1. The van der Waals surface area contributed by atoms with Gasteiger partial charge in [0.05, 0.1) is 0 Å². The number of fused-ring (bicyclic) bond motifs is 2. The van der Waals surface area contributed by atoms with Crippen molar-refractivity contribution in [3.8, 4) is 22.3 Å². The molecule has 4 heteroatoms. The molecule has 2 atom stereocenters. The standard InChI is InChI=1S/C23H19.C18H17.2CH3.2ClH.H2Si.Zr/c1-17-12-13-21(20-10-6-3-7-11-20)23-16-19(15-22(17)23)14-18-8-4-2-5-9-18;1-13(2)16-11-15-9-6-10-17(18(15)12-16)14-7-4-3-5-8-14;;;;;;/h2-13,15-16H,14H2,1H3;3-13H,1-2H3;2*1H3;2*1H;1H2;. The first-order valence-electron chi connectivity index (χ1n) is 16.5. The van der Waals surface area contributed by atoms with Crippen molar-refractivity contribution in [1.82, 2.24) is 0 Å². The largest absolute Gasteiger partial charge is 0.147 e. The Bertz CT molecular complexity index is 2040. The van der Waals surface area contributed by atoms with Crippen LogP contribution >= 0.6 is 24.8 Å². The zero-order valence-corrected chi connectivity index (χ0v) is 33.7. The molecule has 0 fully saturated rings. The van der Waals surface area contributed by atoms with Crippen LogP contribution in [0.2, 0.25) is 9.26 Å². The summed E-state index contributed by atoms with van der Waals surface area (Å²) in [5.74, 6) is 0.489. The quantitative estimate of drug-likeness (QED) is 0.145. The second kappa shape index (κ2) is 13.6. The maximum Gasteiger partial charge on any atom is -0.147 e. The van der Waals surface area contributed by atoms with E-state index in [4.69, 9.17) is 0 Å². The molecule has 0 aliphatic heterocycles. The first kappa shape index (κ1) is 35.6. The molecule has 47 heavy (non-hydrogen) atoms. The molecule has 0 saturated heterocycles. The summed E-state index contributed by atoms with van der Waals surface area (Å²) in [6.45, 7) is 9.67. The first-order chi connectivity index (χ1) is 21.6. The molecule has 7 rings (SSSR count). The topological polar surface area (TPSA) is 0 Å². The van der Waals surface area contributed by atoms with Crippen LogP contribution in [0.25, 0.3) is 34.4 Å². The minimum absolute atomic E-state index is 0. The summed E-state index contributed by atoms with van der Waals surface area (Å²) < 4.78 is 6.52. The maximum absolute atomic E-state index is 3.83. The summed E-state index contributed by atoms with van der Waals surface area (Å²) in [6.07, 6.45) is 6.22. The molecule has 240 valence electrons. The van der Waals surface area contributed by atoms with Crippen LogP contribution < -0.4 is 0 Å². The number of benzene rings is 5. The molecule has 0 heterocycles. The van der Waals surface area contributed by atoms with Gasteiger partial charge in [-0.25, -0.2) is 0 Å². The molecule has 0 saturated carbocycles. The Hall–Kier alpha value is -2.74. The third-order valence-corrected chi connectivity index (χ3v) is 27.9. The second-order valence-electron chi connectivity index (χ2n) is 14.8. The van der Waals surface area contributed by atoms with Crippen molar-refractivity contribution < 1.29 is 17.4 Å². The number of aryl methyl sites for hydroxylation is 1. The van der Waals surface area contributed by atoms with Gasteiger partial charge >= 0.3 is 274 Å². The zero-order chi connectivity index (χ0) is 31.4. The Kier molecular flexibility index (Phi) is 10.3. The molecule has 5 aromatic rings. The molecule has 0 radical (unpaired) electrons. The molecule has 0 amide bonds. The van der Waals surface area contributed by atoms with E-state index in [1.165, 1.54) is 44.5 Å². The fraction of sp³-hybridized carbons (Fsp3) is 0.209. The van der Waals surface area contributed by atoms with E-state index in [9.17, 15) is 0 Å². The molecule has 2 aliphatic carbocycles. The minimum Gasteiger partial charge on any atom is -0.147 e. The molecular formula is C43H46Cl2SiZr. The van der Waals surface area contributed by atoms with Crippen LogP contribution in [0.3, 0.4) is 0 Å². The maximum atomic E-state index is 2.79. The van der Waals surface area contributed by atoms with Gasteiger partial charge in [-0.2, -0.15) is 0 Å². The van der Waals surface area contributed by atoms with Gasteiger partial charge in [-0.3, -0.25) is 0 Å². The van der Waals surface area contributed by atoms with Crippen LogP contribution in [0.4, 0.5) is 0 Å². The normalized spacial score (nSPS) is 16.8. The van der Waals surface area contributed by atoms with Crippen molar-refractivity contribution in [1.29, 1.82) is 0 Å². The molecule has 0 nitrogen and oxygen atoms in total. The van der Waals surface area contributed by atoms with Crippen molar-refractivity contribution in [2.45, 2.75) is 43.7 Å². The molecule has 2 unspecified atom stereocenters. The molecular weight excluding hydrogens is 707 g/mol. The molecule has 0 N–H and O–H groups in total. The van der Waals surface area contributed by atoms with Crippen LogP contribution in [-0.4, -0.2) is 6.88 Å². The summed E-state index contributed by atoms with van der Waals surface area (Å²) in [7, 11) is 0. The van der Waals surface area contributed by atoms with Gasteiger partial charge in [0.15, 0.2) is 0 Å². The van der Waals surface area contributed by atoms with Crippen molar-refractivity contribution in [3.63, 3.8) is 0 Å². The van der Waals surface area contributed by atoms with E-state index >= 15 is 0 Å². The average Bonchev–Trinajstić information content (AvgIpc) is 3.64. The van der Waals surface area contributed by atoms with E-state index < -0.39 is 17.4 Å². The van der Waals surface area contributed by atoms with Crippen LogP contribution in [0.15, 0.2) is 132 Å². The van der Waals surface area contributed by atoms with Gasteiger partial charge in [-0.1, -0.05) is 0 Å². The van der Waals surface area contributed by atoms with Crippen LogP contribution in [0.1, 0.15) is 54.5 Å². The molecule has 0 bridgehead atoms. The van der Waals surface area contributed by atoms with E-state index in [0.717, 1.165) is 6.42 Å².